The van der Waals surface area contributed by atoms with Crippen molar-refractivity contribution in [3.05, 3.63) is 39.7 Å². The minimum Gasteiger partial charge on any atom is -0.369 e. The van der Waals surface area contributed by atoms with Gasteiger partial charge < -0.3 is 5.73 Å². The molecule has 4 heteroatoms. The van der Waals surface area contributed by atoms with Crippen LogP contribution in [0.1, 0.15) is 5.56 Å². The summed E-state index contributed by atoms with van der Waals surface area (Å²) in [5.41, 5.74) is 5.87. The number of carbonyl (C=O) groups excluding carboxylic acids is 1. The minimum atomic E-state index is -0.431. The standard InChI is InChI=1S/C9H8BrClNO/c10-7-3-1-6(8(11)5-7)2-4-9(12)13/h1,3-5H,2H2,(H2,12,13). The smallest absolute Gasteiger partial charge is 0.221 e. The summed E-state index contributed by atoms with van der Waals surface area (Å²) in [4.78, 5) is 10.5. The molecule has 1 aromatic rings. The van der Waals surface area contributed by atoms with Gasteiger partial charge in [0.05, 0.1) is 6.42 Å². The van der Waals surface area contributed by atoms with Gasteiger partial charge in [-0.3, -0.25) is 4.79 Å². The summed E-state index contributed by atoms with van der Waals surface area (Å²) in [6.07, 6.45) is 1.87. The van der Waals surface area contributed by atoms with E-state index < -0.39 is 5.91 Å². The van der Waals surface area contributed by atoms with Gasteiger partial charge in [-0.05, 0) is 24.1 Å². The Morgan fingerprint density at radius 3 is 2.85 bits per heavy atom. The lowest BCUT2D eigenvalue weighted by atomic mass is 10.1. The van der Waals surface area contributed by atoms with Crippen LogP contribution in [-0.4, -0.2) is 5.91 Å². The van der Waals surface area contributed by atoms with E-state index in [1.165, 1.54) is 6.42 Å². The Morgan fingerprint density at radius 2 is 2.31 bits per heavy atom. The van der Waals surface area contributed by atoms with E-state index in [9.17, 15) is 4.79 Å². The molecule has 0 saturated heterocycles. The van der Waals surface area contributed by atoms with Crippen LogP contribution in [-0.2, 0) is 11.2 Å². The molecule has 0 aromatic heterocycles. The van der Waals surface area contributed by atoms with Crippen LogP contribution in [0.2, 0.25) is 5.02 Å². The molecule has 1 rings (SSSR count). The highest BCUT2D eigenvalue weighted by Gasteiger charge is 2.02. The van der Waals surface area contributed by atoms with Crippen molar-refractivity contribution in [3.63, 3.8) is 0 Å². The van der Waals surface area contributed by atoms with Crippen molar-refractivity contribution in [2.75, 3.05) is 0 Å². The highest BCUT2D eigenvalue weighted by atomic mass is 79.9. The fourth-order valence-corrected chi connectivity index (χ4v) is 1.65. The molecule has 0 aliphatic heterocycles. The van der Waals surface area contributed by atoms with Crippen molar-refractivity contribution in [1.29, 1.82) is 0 Å². The number of hydrogen-bond donors (Lipinski definition) is 1. The summed E-state index contributed by atoms with van der Waals surface area (Å²) in [6.45, 7) is 0. The average Bonchev–Trinajstić information content (AvgIpc) is 2.02. The largest absolute Gasteiger partial charge is 0.369 e. The van der Waals surface area contributed by atoms with Crippen LogP contribution < -0.4 is 5.73 Å². The van der Waals surface area contributed by atoms with Crippen molar-refractivity contribution in [1.82, 2.24) is 0 Å². The van der Waals surface area contributed by atoms with Crippen LogP contribution in [0.5, 0.6) is 0 Å². The van der Waals surface area contributed by atoms with E-state index in [-0.39, 0.29) is 0 Å². The molecule has 0 fully saturated rings. The van der Waals surface area contributed by atoms with Gasteiger partial charge in [0.25, 0.3) is 0 Å². The SMILES string of the molecule is NC(=O)[CH]Cc1ccc(Br)cc1Cl. The topological polar surface area (TPSA) is 43.1 Å². The molecule has 0 aliphatic rings. The van der Waals surface area contributed by atoms with Crippen molar-refractivity contribution in [2.45, 2.75) is 6.42 Å². The Labute approximate surface area is 90.2 Å². The molecule has 0 spiro atoms. The van der Waals surface area contributed by atoms with E-state index in [1.807, 2.05) is 12.1 Å². The third-order valence-electron chi connectivity index (χ3n) is 1.54. The number of amides is 1. The maximum atomic E-state index is 10.5. The summed E-state index contributed by atoms with van der Waals surface area (Å²) in [5.74, 6) is -0.431. The number of primary amides is 1. The summed E-state index contributed by atoms with van der Waals surface area (Å²) in [7, 11) is 0. The molecular weight excluding hydrogens is 253 g/mol. The maximum Gasteiger partial charge on any atom is 0.221 e. The molecule has 69 valence electrons. The van der Waals surface area contributed by atoms with Crippen LogP contribution in [0.3, 0.4) is 0 Å². The zero-order chi connectivity index (χ0) is 9.84. The molecule has 2 N–H and O–H groups in total. The molecule has 1 aromatic carbocycles. The number of carbonyl (C=O) groups is 1. The zero-order valence-corrected chi connectivity index (χ0v) is 9.10. The van der Waals surface area contributed by atoms with Gasteiger partial charge in [-0.2, -0.15) is 0 Å². The third-order valence-corrected chi connectivity index (χ3v) is 2.38. The Morgan fingerprint density at radius 1 is 1.62 bits per heavy atom. The quantitative estimate of drug-likeness (QED) is 0.891. The van der Waals surface area contributed by atoms with Crippen LogP contribution in [0.25, 0.3) is 0 Å². The molecule has 13 heavy (non-hydrogen) atoms. The predicted molar refractivity (Wildman–Crippen MR) is 56.4 cm³/mol. The second-order valence-electron chi connectivity index (χ2n) is 2.55. The molecule has 0 atom stereocenters. The molecule has 0 saturated carbocycles. The first kappa shape index (κ1) is 10.5. The number of rotatable bonds is 3. The van der Waals surface area contributed by atoms with E-state index in [0.717, 1.165) is 10.0 Å². The molecule has 2 nitrogen and oxygen atoms in total. The first-order valence-corrected chi connectivity index (χ1v) is 4.83. The first-order chi connectivity index (χ1) is 6.09. The van der Waals surface area contributed by atoms with Crippen molar-refractivity contribution < 1.29 is 4.79 Å². The van der Waals surface area contributed by atoms with Crippen LogP contribution in [0.15, 0.2) is 22.7 Å². The summed E-state index contributed by atoms with van der Waals surface area (Å²) in [5, 5.41) is 0.631. The van der Waals surface area contributed by atoms with E-state index in [0.29, 0.717) is 11.4 Å². The van der Waals surface area contributed by atoms with Gasteiger partial charge in [0.15, 0.2) is 0 Å². The van der Waals surface area contributed by atoms with Crippen LogP contribution >= 0.6 is 27.5 Å². The second-order valence-corrected chi connectivity index (χ2v) is 3.87. The van der Waals surface area contributed by atoms with Crippen LogP contribution in [0.4, 0.5) is 0 Å². The van der Waals surface area contributed by atoms with Crippen molar-refractivity contribution >= 4 is 33.4 Å². The lowest BCUT2D eigenvalue weighted by Gasteiger charge is -2.02. The molecular formula is C9H8BrClNO. The Bertz CT molecular complexity index is 327. The van der Waals surface area contributed by atoms with Gasteiger partial charge >= 0.3 is 0 Å². The van der Waals surface area contributed by atoms with Gasteiger partial charge in [0.1, 0.15) is 0 Å². The highest BCUT2D eigenvalue weighted by Crippen LogP contribution is 2.21. The molecule has 0 heterocycles. The van der Waals surface area contributed by atoms with E-state index in [2.05, 4.69) is 15.9 Å². The van der Waals surface area contributed by atoms with Gasteiger partial charge in [0, 0.05) is 9.50 Å². The van der Waals surface area contributed by atoms with E-state index in [4.69, 9.17) is 17.3 Å². The van der Waals surface area contributed by atoms with Gasteiger partial charge in [-0.1, -0.05) is 33.6 Å². The zero-order valence-electron chi connectivity index (χ0n) is 6.76. The lowest BCUT2D eigenvalue weighted by molar-refractivity contribution is -0.115. The van der Waals surface area contributed by atoms with E-state index in [1.54, 1.807) is 6.07 Å². The lowest BCUT2D eigenvalue weighted by Crippen LogP contribution is -2.12. The normalized spacial score (nSPS) is 10.0. The monoisotopic (exact) mass is 260 g/mol. The third kappa shape index (κ3) is 3.36. The fraction of sp³-hybridized carbons (Fsp3) is 0.111. The number of nitrogens with two attached hydrogens (primary N) is 1. The van der Waals surface area contributed by atoms with Gasteiger partial charge in [0.2, 0.25) is 5.91 Å². The molecule has 1 amide bonds. The second kappa shape index (κ2) is 4.63. The first-order valence-electron chi connectivity index (χ1n) is 3.66. The fourth-order valence-electron chi connectivity index (χ4n) is 0.898. The van der Waals surface area contributed by atoms with Crippen molar-refractivity contribution in [2.24, 2.45) is 5.73 Å². The number of hydrogen-bond acceptors (Lipinski definition) is 1. The number of benzene rings is 1. The molecule has 0 unspecified atom stereocenters. The Hall–Kier alpha value is -0.540. The van der Waals surface area contributed by atoms with Gasteiger partial charge in [-0.15, -0.1) is 0 Å². The Kier molecular flexibility index (Phi) is 3.75. The summed E-state index contributed by atoms with van der Waals surface area (Å²) >= 11 is 9.20. The summed E-state index contributed by atoms with van der Waals surface area (Å²) < 4.78 is 0.917. The van der Waals surface area contributed by atoms with Gasteiger partial charge in [-0.25, -0.2) is 0 Å². The average molecular weight is 262 g/mol. The summed E-state index contributed by atoms with van der Waals surface area (Å²) in [6, 6.07) is 5.51. The molecule has 1 radical (unpaired) electrons. The maximum absolute atomic E-state index is 10.5. The number of halogens is 2. The predicted octanol–water partition coefficient (Wildman–Crippen LogP) is 2.33. The molecule has 0 aliphatic carbocycles. The highest BCUT2D eigenvalue weighted by molar-refractivity contribution is 9.10. The van der Waals surface area contributed by atoms with E-state index >= 15 is 0 Å². The molecule has 0 bridgehead atoms. The van der Waals surface area contributed by atoms with Crippen LogP contribution in [0, 0.1) is 6.42 Å². The minimum absolute atomic E-state index is 0.431. The Balaban J connectivity index is 2.72. The van der Waals surface area contributed by atoms with Crippen molar-refractivity contribution in [3.8, 4) is 0 Å².